The van der Waals surface area contributed by atoms with Gasteiger partial charge < -0.3 is 10.0 Å². The molecule has 0 spiro atoms. The second-order valence-corrected chi connectivity index (χ2v) is 6.94. The number of likely N-dealkylation sites (tertiary alicyclic amines) is 1. The third-order valence-corrected chi connectivity index (χ3v) is 5.49. The van der Waals surface area contributed by atoms with Crippen molar-refractivity contribution in [1.82, 2.24) is 4.90 Å². The monoisotopic (exact) mass is 355 g/mol. The molecule has 1 fully saturated rings. The normalized spacial score (nSPS) is 26.4. The summed E-state index contributed by atoms with van der Waals surface area (Å²) in [6, 6.07) is 7.82. The fourth-order valence-electron chi connectivity index (χ4n) is 3.96. The molecule has 136 valence electrons. The Balaban J connectivity index is 1.73. The smallest absolute Gasteiger partial charge is 0.406 e. The van der Waals surface area contributed by atoms with Crippen LogP contribution in [0.15, 0.2) is 24.3 Å². The number of carboxylic acid groups (broad SMARTS) is 1. The first-order valence-electron chi connectivity index (χ1n) is 8.40. The van der Waals surface area contributed by atoms with Gasteiger partial charge in [-0.2, -0.15) is 13.2 Å². The van der Waals surface area contributed by atoms with Gasteiger partial charge in [-0.1, -0.05) is 24.3 Å². The summed E-state index contributed by atoms with van der Waals surface area (Å²) in [7, 11) is 0. The number of amides is 1. The van der Waals surface area contributed by atoms with Crippen LogP contribution < -0.4 is 0 Å². The number of nitrogens with zero attached hydrogens (tertiary/aromatic N) is 1. The summed E-state index contributed by atoms with van der Waals surface area (Å²) in [5, 5.41) is 9.09. The summed E-state index contributed by atoms with van der Waals surface area (Å²) in [5.41, 5.74) is -0.572. The molecular formula is C18H20F3NO3. The molecule has 1 N–H and O–H groups in total. The molecule has 1 aromatic carbocycles. The molecule has 3 rings (SSSR count). The number of rotatable bonds is 3. The molecule has 7 heteroatoms. The van der Waals surface area contributed by atoms with Crippen LogP contribution in [0.3, 0.4) is 0 Å². The lowest BCUT2D eigenvalue weighted by molar-refractivity contribution is -0.227. The van der Waals surface area contributed by atoms with Crippen LogP contribution in [-0.2, 0) is 16.0 Å². The number of aryl methyl sites for hydroxylation is 1. The van der Waals surface area contributed by atoms with Crippen LogP contribution >= 0.6 is 0 Å². The molecule has 1 amide bonds. The van der Waals surface area contributed by atoms with Crippen molar-refractivity contribution in [3.63, 3.8) is 0 Å². The lowest BCUT2D eigenvalue weighted by Gasteiger charge is -2.29. The minimum atomic E-state index is -4.87. The van der Waals surface area contributed by atoms with Gasteiger partial charge in [0.2, 0.25) is 5.91 Å². The SMILES string of the molecule is O=C(CC1CCCc2ccccc21)N1CCC(C(=O)O)(C(F)(F)F)C1. The Labute approximate surface area is 143 Å². The van der Waals surface area contributed by atoms with Gasteiger partial charge in [-0.25, -0.2) is 0 Å². The maximum atomic E-state index is 13.2. The first-order valence-corrected chi connectivity index (χ1v) is 8.40. The van der Waals surface area contributed by atoms with Crippen molar-refractivity contribution >= 4 is 11.9 Å². The highest BCUT2D eigenvalue weighted by molar-refractivity contribution is 5.81. The number of benzene rings is 1. The van der Waals surface area contributed by atoms with Crippen LogP contribution in [0.2, 0.25) is 0 Å². The molecular weight excluding hydrogens is 335 g/mol. The second-order valence-electron chi connectivity index (χ2n) is 6.94. The Hall–Kier alpha value is -2.05. The van der Waals surface area contributed by atoms with E-state index in [0.717, 1.165) is 29.7 Å². The Morgan fingerprint density at radius 3 is 2.64 bits per heavy atom. The molecule has 1 heterocycles. The number of aliphatic carboxylic acids is 1. The molecule has 0 radical (unpaired) electrons. The van der Waals surface area contributed by atoms with Crippen LogP contribution in [0.25, 0.3) is 0 Å². The topological polar surface area (TPSA) is 57.6 Å². The van der Waals surface area contributed by atoms with Crippen LogP contribution in [0.4, 0.5) is 13.2 Å². The number of hydrogen-bond donors (Lipinski definition) is 1. The first kappa shape index (κ1) is 17.8. The molecule has 0 saturated carbocycles. The van der Waals surface area contributed by atoms with E-state index in [4.69, 9.17) is 5.11 Å². The van der Waals surface area contributed by atoms with Crippen molar-refractivity contribution in [1.29, 1.82) is 0 Å². The van der Waals surface area contributed by atoms with Gasteiger partial charge in [-0.3, -0.25) is 9.59 Å². The Morgan fingerprint density at radius 1 is 1.28 bits per heavy atom. The van der Waals surface area contributed by atoms with Crippen molar-refractivity contribution in [2.45, 2.75) is 44.2 Å². The zero-order valence-electron chi connectivity index (χ0n) is 13.7. The van der Waals surface area contributed by atoms with Gasteiger partial charge in [0.1, 0.15) is 0 Å². The zero-order valence-corrected chi connectivity index (χ0v) is 13.7. The van der Waals surface area contributed by atoms with Crippen molar-refractivity contribution in [2.75, 3.05) is 13.1 Å². The Bertz CT molecular complexity index is 688. The lowest BCUT2D eigenvalue weighted by atomic mass is 9.81. The van der Waals surface area contributed by atoms with Gasteiger partial charge in [-0.15, -0.1) is 0 Å². The largest absolute Gasteiger partial charge is 0.481 e. The summed E-state index contributed by atoms with van der Waals surface area (Å²) < 4.78 is 39.7. The van der Waals surface area contributed by atoms with E-state index in [2.05, 4.69) is 0 Å². The van der Waals surface area contributed by atoms with Crippen molar-refractivity contribution < 1.29 is 27.9 Å². The minimum absolute atomic E-state index is 0.0110. The maximum Gasteiger partial charge on any atom is 0.406 e. The lowest BCUT2D eigenvalue weighted by Crippen LogP contribution is -2.47. The van der Waals surface area contributed by atoms with E-state index < -0.39 is 36.4 Å². The Morgan fingerprint density at radius 2 is 2.00 bits per heavy atom. The van der Waals surface area contributed by atoms with E-state index >= 15 is 0 Å². The molecule has 0 bridgehead atoms. The molecule has 1 aromatic rings. The quantitative estimate of drug-likeness (QED) is 0.905. The van der Waals surface area contributed by atoms with Gasteiger partial charge in [0.25, 0.3) is 0 Å². The minimum Gasteiger partial charge on any atom is -0.481 e. The molecule has 0 aromatic heterocycles. The molecule has 1 aliphatic heterocycles. The third-order valence-electron chi connectivity index (χ3n) is 5.49. The number of carbonyl (C=O) groups excluding carboxylic acids is 1. The number of fused-ring (bicyclic) bond motifs is 1. The van der Waals surface area contributed by atoms with E-state index in [1.54, 1.807) is 0 Å². The Kier molecular flexibility index (Phi) is 4.51. The summed E-state index contributed by atoms with van der Waals surface area (Å²) in [5.74, 6) is -2.31. The van der Waals surface area contributed by atoms with Gasteiger partial charge in [0, 0.05) is 19.5 Å². The average molecular weight is 355 g/mol. The fraction of sp³-hybridized carbons (Fsp3) is 0.556. The average Bonchev–Trinajstić information content (AvgIpc) is 3.02. The van der Waals surface area contributed by atoms with Crippen molar-refractivity contribution in [3.8, 4) is 0 Å². The zero-order chi connectivity index (χ0) is 18.2. The van der Waals surface area contributed by atoms with Gasteiger partial charge in [-0.05, 0) is 42.7 Å². The van der Waals surface area contributed by atoms with E-state index in [1.807, 2.05) is 24.3 Å². The predicted molar refractivity (Wildman–Crippen MR) is 84.1 cm³/mol. The van der Waals surface area contributed by atoms with Crippen LogP contribution in [-0.4, -0.2) is 41.1 Å². The highest BCUT2D eigenvalue weighted by Crippen LogP contribution is 2.46. The summed E-state index contributed by atoms with van der Waals surface area (Å²) >= 11 is 0. The van der Waals surface area contributed by atoms with E-state index in [0.29, 0.717) is 0 Å². The summed E-state index contributed by atoms with van der Waals surface area (Å²) in [6.07, 6.45) is -2.62. The predicted octanol–water partition coefficient (Wildman–Crippen LogP) is 3.36. The number of carboxylic acids is 1. The number of hydrogen-bond acceptors (Lipinski definition) is 2. The van der Waals surface area contributed by atoms with Crippen LogP contribution in [0.1, 0.15) is 42.7 Å². The van der Waals surface area contributed by atoms with E-state index in [9.17, 15) is 22.8 Å². The highest BCUT2D eigenvalue weighted by Gasteiger charge is 2.64. The molecule has 2 atom stereocenters. The van der Waals surface area contributed by atoms with Gasteiger partial charge in [0.05, 0.1) is 0 Å². The summed E-state index contributed by atoms with van der Waals surface area (Å²) in [4.78, 5) is 24.8. The molecule has 4 nitrogen and oxygen atoms in total. The van der Waals surface area contributed by atoms with Crippen LogP contribution in [0.5, 0.6) is 0 Å². The van der Waals surface area contributed by atoms with Crippen molar-refractivity contribution in [3.05, 3.63) is 35.4 Å². The van der Waals surface area contributed by atoms with Gasteiger partial charge in [0.15, 0.2) is 5.41 Å². The third kappa shape index (κ3) is 3.12. The molecule has 1 aliphatic carbocycles. The second kappa shape index (κ2) is 6.35. The fourth-order valence-corrected chi connectivity index (χ4v) is 3.96. The molecule has 2 unspecified atom stereocenters. The molecule has 1 saturated heterocycles. The van der Waals surface area contributed by atoms with E-state index in [-0.39, 0.29) is 18.9 Å². The number of halogens is 3. The van der Waals surface area contributed by atoms with Crippen LogP contribution in [0, 0.1) is 5.41 Å². The first-order chi connectivity index (χ1) is 11.7. The molecule has 25 heavy (non-hydrogen) atoms. The summed E-state index contributed by atoms with van der Waals surface area (Å²) in [6.45, 7) is -0.960. The number of carbonyl (C=O) groups is 2. The van der Waals surface area contributed by atoms with Gasteiger partial charge >= 0.3 is 12.1 Å². The maximum absolute atomic E-state index is 13.2. The molecule has 2 aliphatic rings. The highest BCUT2D eigenvalue weighted by atomic mass is 19.4. The van der Waals surface area contributed by atoms with E-state index in [1.165, 1.54) is 5.56 Å². The van der Waals surface area contributed by atoms with Crippen molar-refractivity contribution in [2.24, 2.45) is 5.41 Å². The number of alkyl halides is 3. The standard InChI is InChI=1S/C18H20F3NO3/c19-18(20,21)17(16(24)25)8-9-22(11-17)15(23)10-13-6-3-5-12-4-1-2-7-14(12)13/h1-2,4,7,13H,3,5-6,8-11H2,(H,24,25).